The number of hydrogen-bond acceptors (Lipinski definition) is 8. The van der Waals surface area contributed by atoms with E-state index in [1.165, 1.54) is 55.6 Å². The van der Waals surface area contributed by atoms with Gasteiger partial charge < -0.3 is 30.5 Å². The van der Waals surface area contributed by atoms with E-state index in [4.69, 9.17) is 15.2 Å². The van der Waals surface area contributed by atoms with Crippen molar-refractivity contribution in [1.29, 1.82) is 0 Å². The van der Waals surface area contributed by atoms with E-state index in [0.29, 0.717) is 61.6 Å². The van der Waals surface area contributed by atoms with Gasteiger partial charge in [-0.15, -0.1) is 0 Å². The van der Waals surface area contributed by atoms with Crippen LogP contribution in [0.1, 0.15) is 30.9 Å². The molecule has 0 amide bonds. The predicted molar refractivity (Wildman–Crippen MR) is 142 cm³/mol. The van der Waals surface area contributed by atoms with E-state index in [-0.39, 0.29) is 22.8 Å². The standard InChI is InChI=1S/C28H29F4N5O4/c1-40-21-7-6-18(29)12-19(21)16-2-4-17(5-3-16)24(28(30,31)32)41-23-13-22(35-26(33)36-23)37-10-8-27(9-11-37)14-20(25(38)39)34-15-27/h2-7,12-13,20,24,34H,8-11,14-15H2,1H3,(H,38,39)(H2,33,35,36)/t20-,24+/m0/s1. The van der Waals surface area contributed by atoms with Crippen molar-refractivity contribution in [2.45, 2.75) is 37.6 Å². The molecule has 2 atom stereocenters. The smallest absolute Gasteiger partial charge is 0.429 e. The first-order valence-corrected chi connectivity index (χ1v) is 13.0. The number of nitrogens with one attached hydrogen (secondary N) is 1. The molecule has 218 valence electrons. The Labute approximate surface area is 233 Å². The first kappa shape index (κ1) is 28.4. The van der Waals surface area contributed by atoms with Gasteiger partial charge in [0.1, 0.15) is 23.4 Å². The van der Waals surface area contributed by atoms with Crippen LogP contribution in [0.25, 0.3) is 11.1 Å². The number of halogens is 4. The van der Waals surface area contributed by atoms with Gasteiger partial charge in [-0.1, -0.05) is 24.3 Å². The van der Waals surface area contributed by atoms with Gasteiger partial charge in [-0.25, -0.2) is 4.39 Å². The quantitative estimate of drug-likeness (QED) is 0.347. The number of nitrogen functional groups attached to an aromatic ring is 1. The third-order valence-corrected chi connectivity index (χ3v) is 7.74. The Bertz CT molecular complexity index is 1410. The lowest BCUT2D eigenvalue weighted by atomic mass is 9.76. The van der Waals surface area contributed by atoms with Crippen LogP contribution in [0, 0.1) is 11.2 Å². The molecule has 13 heteroatoms. The maximum absolute atomic E-state index is 14.2. The molecule has 1 spiro atoms. The summed E-state index contributed by atoms with van der Waals surface area (Å²) >= 11 is 0. The van der Waals surface area contributed by atoms with E-state index in [1.807, 2.05) is 4.90 Å². The Kier molecular flexibility index (Phi) is 7.64. The lowest BCUT2D eigenvalue weighted by molar-refractivity contribution is -0.198. The van der Waals surface area contributed by atoms with Crippen LogP contribution in [0.2, 0.25) is 0 Å². The summed E-state index contributed by atoms with van der Waals surface area (Å²) in [6, 6.07) is 10.0. The number of carboxylic acids is 1. The van der Waals surface area contributed by atoms with Crippen LogP contribution in [0.15, 0.2) is 48.5 Å². The van der Waals surface area contributed by atoms with Crippen LogP contribution < -0.4 is 25.4 Å². The van der Waals surface area contributed by atoms with Crippen LogP contribution in [-0.2, 0) is 4.79 Å². The lowest BCUT2D eigenvalue weighted by Gasteiger charge is -2.39. The Morgan fingerprint density at radius 3 is 2.46 bits per heavy atom. The van der Waals surface area contributed by atoms with Crippen LogP contribution in [0.4, 0.5) is 29.3 Å². The van der Waals surface area contributed by atoms with E-state index in [9.17, 15) is 27.5 Å². The molecule has 2 fully saturated rings. The minimum atomic E-state index is -4.79. The van der Waals surface area contributed by atoms with Crippen molar-refractivity contribution in [3.8, 4) is 22.8 Å². The average Bonchev–Trinajstić information content (AvgIpc) is 3.35. The van der Waals surface area contributed by atoms with Crippen molar-refractivity contribution in [2.24, 2.45) is 5.41 Å². The predicted octanol–water partition coefficient (Wildman–Crippen LogP) is 4.59. The molecule has 3 aromatic rings. The third-order valence-electron chi connectivity index (χ3n) is 7.74. The van der Waals surface area contributed by atoms with Gasteiger partial charge in [-0.3, -0.25) is 4.79 Å². The molecule has 0 radical (unpaired) electrons. The Morgan fingerprint density at radius 1 is 1.15 bits per heavy atom. The highest BCUT2D eigenvalue weighted by atomic mass is 19.4. The molecule has 2 saturated heterocycles. The fourth-order valence-electron chi connectivity index (χ4n) is 5.52. The summed E-state index contributed by atoms with van der Waals surface area (Å²) in [7, 11) is 1.42. The molecule has 1 aromatic heterocycles. The maximum atomic E-state index is 14.2. The fourth-order valence-corrected chi connectivity index (χ4v) is 5.52. The normalized spacial score (nSPS) is 19.2. The summed E-state index contributed by atoms with van der Waals surface area (Å²) in [5.41, 5.74) is 6.38. The van der Waals surface area contributed by atoms with Crippen molar-refractivity contribution in [3.05, 3.63) is 59.9 Å². The van der Waals surface area contributed by atoms with E-state index >= 15 is 0 Å². The monoisotopic (exact) mass is 575 g/mol. The molecule has 5 rings (SSSR count). The van der Waals surface area contributed by atoms with Crippen molar-refractivity contribution in [1.82, 2.24) is 15.3 Å². The van der Waals surface area contributed by atoms with Crippen LogP contribution in [0.5, 0.6) is 11.6 Å². The van der Waals surface area contributed by atoms with Crippen molar-refractivity contribution in [3.63, 3.8) is 0 Å². The van der Waals surface area contributed by atoms with Crippen LogP contribution in [0.3, 0.4) is 0 Å². The Balaban J connectivity index is 1.34. The number of benzene rings is 2. The molecule has 41 heavy (non-hydrogen) atoms. The summed E-state index contributed by atoms with van der Waals surface area (Å²) in [5, 5.41) is 12.4. The molecule has 0 unspecified atom stereocenters. The number of rotatable bonds is 7. The zero-order valence-corrected chi connectivity index (χ0v) is 22.1. The van der Waals surface area contributed by atoms with Crippen LogP contribution >= 0.6 is 0 Å². The first-order valence-electron chi connectivity index (χ1n) is 13.0. The van der Waals surface area contributed by atoms with Gasteiger partial charge in [0.15, 0.2) is 0 Å². The number of anilines is 2. The highest BCUT2D eigenvalue weighted by Gasteiger charge is 2.45. The molecular formula is C28H29F4N5O4. The fraction of sp³-hybridized carbons (Fsp3) is 0.393. The number of carboxylic acid groups (broad SMARTS) is 1. The Hall–Kier alpha value is -4.13. The number of aliphatic carboxylic acids is 1. The summed E-state index contributed by atoms with van der Waals surface area (Å²) in [6.07, 6.45) is -5.23. The zero-order valence-electron chi connectivity index (χ0n) is 22.1. The second kappa shape index (κ2) is 11.0. The molecule has 2 aliphatic heterocycles. The van der Waals surface area contributed by atoms with Crippen LogP contribution in [-0.4, -0.2) is 60.0 Å². The number of nitrogens with two attached hydrogens (primary N) is 1. The number of ether oxygens (including phenoxy) is 2. The average molecular weight is 576 g/mol. The van der Waals surface area contributed by atoms with E-state index < -0.39 is 30.1 Å². The van der Waals surface area contributed by atoms with E-state index in [2.05, 4.69) is 15.3 Å². The number of carbonyl (C=O) groups is 1. The number of methoxy groups -OCH3 is 1. The largest absolute Gasteiger partial charge is 0.496 e. The summed E-state index contributed by atoms with van der Waals surface area (Å²) < 4.78 is 67.0. The molecule has 4 N–H and O–H groups in total. The molecule has 9 nitrogen and oxygen atoms in total. The van der Waals surface area contributed by atoms with Gasteiger partial charge in [0.05, 0.1) is 7.11 Å². The number of hydrogen-bond donors (Lipinski definition) is 3. The number of nitrogens with zero attached hydrogens (tertiary/aromatic N) is 3. The van der Waals surface area contributed by atoms with Crippen molar-refractivity contribution >= 4 is 17.7 Å². The van der Waals surface area contributed by atoms with Crippen molar-refractivity contribution < 1.29 is 36.9 Å². The maximum Gasteiger partial charge on any atom is 0.429 e. The number of aromatic nitrogens is 2. The highest BCUT2D eigenvalue weighted by molar-refractivity contribution is 5.74. The van der Waals surface area contributed by atoms with E-state index in [0.717, 1.165) is 0 Å². The molecule has 2 aromatic carbocycles. The highest BCUT2D eigenvalue weighted by Crippen LogP contribution is 2.42. The van der Waals surface area contributed by atoms with Gasteiger partial charge in [-0.2, -0.15) is 23.1 Å². The summed E-state index contributed by atoms with van der Waals surface area (Å²) in [4.78, 5) is 21.3. The van der Waals surface area contributed by atoms with Gasteiger partial charge in [0, 0.05) is 36.8 Å². The summed E-state index contributed by atoms with van der Waals surface area (Å²) in [5.74, 6) is -1.25. The Morgan fingerprint density at radius 2 is 1.85 bits per heavy atom. The number of piperidine rings is 1. The second-order valence-corrected chi connectivity index (χ2v) is 10.4. The lowest BCUT2D eigenvalue weighted by Crippen LogP contribution is -2.41. The topological polar surface area (TPSA) is 123 Å². The zero-order chi connectivity index (χ0) is 29.4. The van der Waals surface area contributed by atoms with Crippen molar-refractivity contribution in [2.75, 3.05) is 37.4 Å². The molecule has 0 aliphatic carbocycles. The molecule has 0 bridgehead atoms. The molecule has 3 heterocycles. The van der Waals surface area contributed by atoms with Gasteiger partial charge in [0.25, 0.3) is 0 Å². The minimum Gasteiger partial charge on any atom is -0.496 e. The van der Waals surface area contributed by atoms with Gasteiger partial charge in [-0.05, 0) is 48.4 Å². The number of alkyl halides is 3. The molecule has 0 saturated carbocycles. The molecule has 2 aliphatic rings. The molecular weight excluding hydrogens is 546 g/mol. The minimum absolute atomic E-state index is 0.152. The third kappa shape index (κ3) is 6.14. The summed E-state index contributed by atoms with van der Waals surface area (Å²) in [6.45, 7) is 1.64. The SMILES string of the molecule is COc1ccc(F)cc1-c1ccc([C@@H](Oc2cc(N3CCC4(CC3)CN[C@H](C(=O)O)C4)nc(N)n2)C(F)(F)F)cc1. The van der Waals surface area contributed by atoms with Gasteiger partial charge >= 0.3 is 12.1 Å². The van der Waals surface area contributed by atoms with E-state index in [1.54, 1.807) is 0 Å². The van der Waals surface area contributed by atoms with Gasteiger partial charge in [0.2, 0.25) is 17.9 Å². The second-order valence-electron chi connectivity index (χ2n) is 10.4. The first-order chi connectivity index (χ1) is 19.5.